The second-order valence-corrected chi connectivity index (χ2v) is 3.67. The van der Waals surface area contributed by atoms with Crippen LogP contribution in [0.4, 0.5) is 0 Å². The summed E-state index contributed by atoms with van der Waals surface area (Å²) in [6.45, 7) is 1.40. The molecule has 14 heavy (non-hydrogen) atoms. The SMILES string of the molecule is CN(C)CCc1c(O)cccc1CN. The Labute approximate surface area is 85.2 Å². The first kappa shape index (κ1) is 11.0. The fraction of sp³-hybridized carbons (Fsp3) is 0.455. The molecule has 1 rings (SSSR count). The van der Waals surface area contributed by atoms with Gasteiger partial charge in [-0.1, -0.05) is 12.1 Å². The summed E-state index contributed by atoms with van der Waals surface area (Å²) in [6, 6.07) is 5.51. The first-order chi connectivity index (χ1) is 6.65. The smallest absolute Gasteiger partial charge is 0.119 e. The molecule has 0 heterocycles. The summed E-state index contributed by atoms with van der Waals surface area (Å²) in [7, 11) is 4.03. The maximum atomic E-state index is 9.66. The maximum Gasteiger partial charge on any atom is 0.119 e. The van der Waals surface area contributed by atoms with Crippen LogP contribution in [0.1, 0.15) is 11.1 Å². The van der Waals surface area contributed by atoms with Crippen molar-refractivity contribution >= 4 is 0 Å². The molecule has 3 nitrogen and oxygen atoms in total. The molecule has 0 aliphatic carbocycles. The van der Waals surface area contributed by atoms with Gasteiger partial charge in [-0.25, -0.2) is 0 Å². The van der Waals surface area contributed by atoms with Gasteiger partial charge in [-0.05, 0) is 37.7 Å². The van der Waals surface area contributed by atoms with Crippen molar-refractivity contribution in [2.24, 2.45) is 5.73 Å². The van der Waals surface area contributed by atoms with Crippen LogP contribution in [0.15, 0.2) is 18.2 Å². The van der Waals surface area contributed by atoms with E-state index in [0.717, 1.165) is 24.1 Å². The van der Waals surface area contributed by atoms with E-state index in [2.05, 4.69) is 4.90 Å². The summed E-state index contributed by atoms with van der Waals surface area (Å²) >= 11 is 0. The average molecular weight is 194 g/mol. The van der Waals surface area contributed by atoms with E-state index in [0.29, 0.717) is 12.3 Å². The highest BCUT2D eigenvalue weighted by Gasteiger charge is 2.06. The summed E-state index contributed by atoms with van der Waals surface area (Å²) < 4.78 is 0. The van der Waals surface area contributed by atoms with Crippen molar-refractivity contribution in [3.8, 4) is 5.75 Å². The van der Waals surface area contributed by atoms with E-state index in [-0.39, 0.29) is 0 Å². The summed E-state index contributed by atoms with van der Waals surface area (Å²) in [6.07, 6.45) is 0.839. The largest absolute Gasteiger partial charge is 0.508 e. The molecule has 0 aliphatic heterocycles. The Morgan fingerprint density at radius 1 is 1.36 bits per heavy atom. The summed E-state index contributed by atoms with van der Waals surface area (Å²) in [5.74, 6) is 0.356. The predicted octanol–water partition coefficient (Wildman–Crippen LogP) is 0.955. The molecule has 0 atom stereocenters. The molecule has 3 N–H and O–H groups in total. The van der Waals surface area contributed by atoms with Crippen molar-refractivity contribution in [1.82, 2.24) is 4.90 Å². The van der Waals surface area contributed by atoms with Crippen LogP contribution in [0.25, 0.3) is 0 Å². The van der Waals surface area contributed by atoms with Crippen LogP contribution in [0.2, 0.25) is 0 Å². The lowest BCUT2D eigenvalue weighted by Crippen LogP contribution is -2.16. The van der Waals surface area contributed by atoms with Gasteiger partial charge in [-0.2, -0.15) is 0 Å². The van der Waals surface area contributed by atoms with Crippen molar-refractivity contribution in [2.75, 3.05) is 20.6 Å². The molecule has 0 fully saturated rings. The Kier molecular flexibility index (Phi) is 3.92. The van der Waals surface area contributed by atoms with Crippen LogP contribution < -0.4 is 5.73 Å². The minimum Gasteiger partial charge on any atom is -0.508 e. The van der Waals surface area contributed by atoms with Gasteiger partial charge in [0.05, 0.1) is 0 Å². The lowest BCUT2D eigenvalue weighted by molar-refractivity contribution is 0.405. The van der Waals surface area contributed by atoms with E-state index >= 15 is 0 Å². The zero-order valence-corrected chi connectivity index (χ0v) is 8.83. The fourth-order valence-electron chi connectivity index (χ4n) is 1.44. The minimum atomic E-state index is 0.356. The third kappa shape index (κ3) is 2.72. The van der Waals surface area contributed by atoms with Gasteiger partial charge in [0, 0.05) is 13.1 Å². The molecular weight excluding hydrogens is 176 g/mol. The van der Waals surface area contributed by atoms with Crippen molar-refractivity contribution in [3.63, 3.8) is 0 Å². The number of phenolic OH excluding ortho intramolecular Hbond substituents is 1. The van der Waals surface area contributed by atoms with Gasteiger partial charge < -0.3 is 15.7 Å². The molecule has 0 saturated carbocycles. The molecule has 1 aromatic rings. The van der Waals surface area contributed by atoms with E-state index in [9.17, 15) is 5.11 Å². The van der Waals surface area contributed by atoms with Gasteiger partial charge in [0.25, 0.3) is 0 Å². The Bertz CT molecular complexity index is 297. The third-order valence-corrected chi connectivity index (χ3v) is 2.28. The number of aromatic hydroxyl groups is 1. The summed E-state index contributed by atoms with van der Waals surface area (Å²) in [5.41, 5.74) is 7.61. The first-order valence-electron chi connectivity index (χ1n) is 4.79. The topological polar surface area (TPSA) is 49.5 Å². The van der Waals surface area contributed by atoms with E-state index in [4.69, 9.17) is 5.73 Å². The second-order valence-electron chi connectivity index (χ2n) is 3.67. The molecule has 0 amide bonds. The number of rotatable bonds is 4. The Hall–Kier alpha value is -1.06. The van der Waals surface area contributed by atoms with Gasteiger partial charge in [0.15, 0.2) is 0 Å². The highest BCUT2D eigenvalue weighted by atomic mass is 16.3. The highest BCUT2D eigenvalue weighted by Crippen LogP contribution is 2.21. The van der Waals surface area contributed by atoms with E-state index in [1.54, 1.807) is 6.07 Å². The normalized spacial score (nSPS) is 10.9. The molecule has 0 unspecified atom stereocenters. The van der Waals surface area contributed by atoms with Crippen LogP contribution in [0, 0.1) is 0 Å². The first-order valence-corrected chi connectivity index (χ1v) is 4.79. The molecule has 3 heteroatoms. The standard InChI is InChI=1S/C11H18N2O/c1-13(2)7-6-10-9(8-12)4-3-5-11(10)14/h3-5,14H,6-8,12H2,1-2H3. The van der Waals surface area contributed by atoms with Crippen LogP contribution in [-0.4, -0.2) is 30.6 Å². The molecule has 0 spiro atoms. The van der Waals surface area contributed by atoms with E-state index in [1.807, 2.05) is 26.2 Å². The molecular formula is C11H18N2O. The predicted molar refractivity (Wildman–Crippen MR) is 58.3 cm³/mol. The Morgan fingerprint density at radius 3 is 2.64 bits per heavy atom. The van der Waals surface area contributed by atoms with Gasteiger partial charge in [-0.15, -0.1) is 0 Å². The number of nitrogens with two attached hydrogens (primary N) is 1. The minimum absolute atomic E-state index is 0.356. The van der Waals surface area contributed by atoms with Crippen LogP contribution in [-0.2, 0) is 13.0 Å². The fourth-order valence-corrected chi connectivity index (χ4v) is 1.44. The van der Waals surface area contributed by atoms with E-state index < -0.39 is 0 Å². The number of hydrogen-bond acceptors (Lipinski definition) is 3. The molecule has 78 valence electrons. The average Bonchev–Trinajstić information content (AvgIpc) is 2.15. The molecule has 0 radical (unpaired) electrons. The van der Waals surface area contributed by atoms with Gasteiger partial charge in [0.1, 0.15) is 5.75 Å². The molecule has 1 aromatic carbocycles. The third-order valence-electron chi connectivity index (χ3n) is 2.28. The lowest BCUT2D eigenvalue weighted by atomic mass is 10.0. The number of likely N-dealkylation sites (N-methyl/N-ethyl adjacent to an activating group) is 1. The monoisotopic (exact) mass is 194 g/mol. The summed E-state index contributed by atoms with van der Waals surface area (Å²) in [5, 5.41) is 9.66. The Morgan fingerprint density at radius 2 is 2.07 bits per heavy atom. The van der Waals surface area contributed by atoms with Gasteiger partial charge in [-0.3, -0.25) is 0 Å². The maximum absolute atomic E-state index is 9.66. The number of hydrogen-bond donors (Lipinski definition) is 2. The van der Waals surface area contributed by atoms with Crippen LogP contribution >= 0.6 is 0 Å². The van der Waals surface area contributed by atoms with Crippen LogP contribution in [0.3, 0.4) is 0 Å². The van der Waals surface area contributed by atoms with Crippen molar-refractivity contribution < 1.29 is 5.11 Å². The van der Waals surface area contributed by atoms with Crippen molar-refractivity contribution in [1.29, 1.82) is 0 Å². The van der Waals surface area contributed by atoms with Crippen molar-refractivity contribution in [3.05, 3.63) is 29.3 Å². The number of phenols is 1. The van der Waals surface area contributed by atoms with Gasteiger partial charge in [0.2, 0.25) is 0 Å². The molecule has 0 saturated heterocycles. The highest BCUT2D eigenvalue weighted by molar-refractivity contribution is 5.39. The van der Waals surface area contributed by atoms with Crippen LogP contribution in [0.5, 0.6) is 5.75 Å². The second kappa shape index (κ2) is 4.98. The molecule has 0 aliphatic rings. The van der Waals surface area contributed by atoms with Crippen molar-refractivity contribution in [2.45, 2.75) is 13.0 Å². The number of nitrogens with zero attached hydrogens (tertiary/aromatic N) is 1. The van der Waals surface area contributed by atoms with Gasteiger partial charge >= 0.3 is 0 Å². The Balaban J connectivity index is 2.82. The lowest BCUT2D eigenvalue weighted by Gasteiger charge is -2.13. The molecule has 0 bridgehead atoms. The zero-order valence-electron chi connectivity index (χ0n) is 8.83. The van der Waals surface area contributed by atoms with E-state index in [1.165, 1.54) is 0 Å². The summed E-state index contributed by atoms with van der Waals surface area (Å²) in [4.78, 5) is 2.09. The molecule has 0 aromatic heterocycles. The quantitative estimate of drug-likeness (QED) is 0.750. The zero-order chi connectivity index (χ0) is 10.6. The number of benzene rings is 1.